The fourth-order valence-corrected chi connectivity index (χ4v) is 4.41. The number of anilines is 1. The number of piperidine rings is 1. The van der Waals surface area contributed by atoms with Crippen molar-refractivity contribution >= 4 is 23.4 Å². The van der Waals surface area contributed by atoms with Gasteiger partial charge in [0.2, 0.25) is 5.91 Å². The molecule has 2 fully saturated rings. The van der Waals surface area contributed by atoms with Gasteiger partial charge in [-0.05, 0) is 54.7 Å². The summed E-state index contributed by atoms with van der Waals surface area (Å²) in [5.41, 5.74) is 8.12. The Morgan fingerprint density at radius 3 is 2.39 bits per heavy atom. The number of nitrogens with zero attached hydrogens (tertiary/aromatic N) is 2. The van der Waals surface area contributed by atoms with E-state index in [1.54, 1.807) is 4.90 Å². The molecule has 0 bridgehead atoms. The molecule has 0 radical (unpaired) electrons. The van der Waals surface area contributed by atoms with Crippen LogP contribution < -0.4 is 11.1 Å². The van der Waals surface area contributed by atoms with Gasteiger partial charge in [0.1, 0.15) is 0 Å². The summed E-state index contributed by atoms with van der Waals surface area (Å²) in [5.74, 6) is -0.987. The number of hydrogen-bond donors (Lipinski definition) is 2. The quantitative estimate of drug-likeness (QED) is 0.740. The molecule has 0 unspecified atom stereocenters. The minimum atomic E-state index is -0.742. The Kier molecular flexibility index (Phi) is 6.02. The van der Waals surface area contributed by atoms with Crippen molar-refractivity contribution in [3.8, 4) is 0 Å². The van der Waals surface area contributed by atoms with Crippen LogP contribution in [0.25, 0.3) is 0 Å². The number of pyridine rings is 1. The third kappa shape index (κ3) is 4.60. The van der Waals surface area contributed by atoms with Gasteiger partial charge in [-0.3, -0.25) is 19.4 Å². The number of rotatable bonds is 4. The van der Waals surface area contributed by atoms with Crippen LogP contribution in [0, 0.1) is 5.92 Å². The number of nitrogens with two attached hydrogens (primary N) is 1. The van der Waals surface area contributed by atoms with Crippen molar-refractivity contribution < 1.29 is 14.4 Å². The van der Waals surface area contributed by atoms with Crippen LogP contribution in [-0.4, -0.2) is 34.2 Å². The van der Waals surface area contributed by atoms with Gasteiger partial charge in [-0.2, -0.15) is 0 Å². The molecule has 3 amide bonds. The molecule has 7 nitrogen and oxygen atoms in total. The number of likely N-dealkylation sites (tertiary alicyclic amines) is 1. The van der Waals surface area contributed by atoms with E-state index in [1.807, 2.05) is 0 Å². The molecular formula is C24H28N4O3. The van der Waals surface area contributed by atoms with E-state index in [0.717, 1.165) is 18.4 Å². The van der Waals surface area contributed by atoms with Gasteiger partial charge in [-0.1, -0.05) is 37.6 Å². The Bertz CT molecular complexity index is 985. The molecule has 1 aromatic carbocycles. The van der Waals surface area contributed by atoms with Gasteiger partial charge in [0.15, 0.2) is 0 Å². The third-order valence-corrected chi connectivity index (χ3v) is 6.45. The molecule has 2 heterocycles. The van der Waals surface area contributed by atoms with Crippen molar-refractivity contribution in [2.24, 2.45) is 11.7 Å². The average Bonchev–Trinajstić information content (AvgIpc) is 2.73. The standard InChI is InChI=1S/C24H28N4O3/c1-15-5-10-21(18-8-6-17(7-9-18)16-3-2-4-16)28(14-15)24(31)23(30)27-20-11-19(22(25)29)12-26-13-20/h6-9,11-13,15-16,21H,2-5,10,14H2,1H3,(H2,25,29)(H,27,30)/t15-,21+/m0/s1. The monoisotopic (exact) mass is 420 g/mol. The zero-order valence-electron chi connectivity index (χ0n) is 17.7. The molecule has 7 heteroatoms. The molecule has 1 aromatic heterocycles. The van der Waals surface area contributed by atoms with Crippen LogP contribution in [0.3, 0.4) is 0 Å². The summed E-state index contributed by atoms with van der Waals surface area (Å²) in [7, 11) is 0. The molecule has 1 saturated carbocycles. The van der Waals surface area contributed by atoms with Gasteiger partial charge in [-0.15, -0.1) is 0 Å². The number of aromatic nitrogens is 1. The smallest absolute Gasteiger partial charge is 0.313 e. The van der Waals surface area contributed by atoms with Crippen molar-refractivity contribution in [3.05, 3.63) is 59.4 Å². The molecule has 4 rings (SSSR count). The number of nitrogens with one attached hydrogen (secondary N) is 1. The lowest BCUT2D eigenvalue weighted by Gasteiger charge is -2.38. The topological polar surface area (TPSA) is 105 Å². The zero-order chi connectivity index (χ0) is 22.0. The lowest BCUT2D eigenvalue weighted by molar-refractivity contribution is -0.146. The summed E-state index contributed by atoms with van der Waals surface area (Å²) in [6.07, 6.45) is 8.31. The number of amides is 3. The number of hydrogen-bond acceptors (Lipinski definition) is 4. The van der Waals surface area contributed by atoms with Crippen LogP contribution in [-0.2, 0) is 9.59 Å². The van der Waals surface area contributed by atoms with E-state index < -0.39 is 17.7 Å². The lowest BCUT2D eigenvalue weighted by Crippen LogP contribution is -2.46. The number of carbonyl (C=O) groups is 3. The SMILES string of the molecule is C[C@H]1CC[C@H](c2ccc(C3CCC3)cc2)N(C(=O)C(=O)Nc2cncc(C(N)=O)c2)C1. The van der Waals surface area contributed by atoms with E-state index in [-0.39, 0.29) is 17.3 Å². The summed E-state index contributed by atoms with van der Waals surface area (Å²) < 4.78 is 0. The average molecular weight is 421 g/mol. The highest BCUT2D eigenvalue weighted by Crippen LogP contribution is 2.38. The van der Waals surface area contributed by atoms with E-state index in [4.69, 9.17) is 5.73 Å². The first-order valence-corrected chi connectivity index (χ1v) is 10.9. The Balaban J connectivity index is 1.50. The molecule has 31 heavy (non-hydrogen) atoms. The number of primary amides is 1. The molecule has 3 N–H and O–H groups in total. The van der Waals surface area contributed by atoms with E-state index in [0.29, 0.717) is 18.4 Å². The van der Waals surface area contributed by atoms with Crippen LogP contribution in [0.15, 0.2) is 42.7 Å². The zero-order valence-corrected chi connectivity index (χ0v) is 17.7. The summed E-state index contributed by atoms with van der Waals surface area (Å²) in [5, 5.41) is 2.56. The first-order valence-electron chi connectivity index (χ1n) is 10.9. The van der Waals surface area contributed by atoms with Crippen molar-refractivity contribution in [3.63, 3.8) is 0 Å². The Hall–Kier alpha value is -3.22. The first-order chi connectivity index (χ1) is 14.9. The molecule has 1 saturated heterocycles. The predicted octanol–water partition coefficient (Wildman–Crippen LogP) is 3.39. The molecule has 2 atom stereocenters. The second-order valence-corrected chi connectivity index (χ2v) is 8.73. The molecule has 0 spiro atoms. The van der Waals surface area contributed by atoms with Gasteiger partial charge in [0.25, 0.3) is 0 Å². The lowest BCUT2D eigenvalue weighted by atomic mass is 9.79. The molecule has 162 valence electrons. The summed E-state index contributed by atoms with van der Waals surface area (Å²) in [6, 6.07) is 9.83. The summed E-state index contributed by atoms with van der Waals surface area (Å²) in [4.78, 5) is 42.7. The van der Waals surface area contributed by atoms with Gasteiger partial charge in [0.05, 0.1) is 23.5 Å². The fourth-order valence-electron chi connectivity index (χ4n) is 4.41. The molecule has 2 aliphatic rings. The highest BCUT2D eigenvalue weighted by molar-refractivity contribution is 6.39. The van der Waals surface area contributed by atoms with Crippen LogP contribution >= 0.6 is 0 Å². The maximum Gasteiger partial charge on any atom is 0.313 e. The molecule has 2 aromatic rings. The fraction of sp³-hybridized carbons (Fsp3) is 0.417. The van der Waals surface area contributed by atoms with Crippen molar-refractivity contribution in [1.82, 2.24) is 9.88 Å². The minimum Gasteiger partial charge on any atom is -0.366 e. The van der Waals surface area contributed by atoms with Gasteiger partial charge >= 0.3 is 11.8 Å². The highest BCUT2D eigenvalue weighted by Gasteiger charge is 2.34. The maximum absolute atomic E-state index is 13.1. The van der Waals surface area contributed by atoms with E-state index in [1.165, 1.54) is 43.3 Å². The van der Waals surface area contributed by atoms with E-state index in [9.17, 15) is 14.4 Å². The normalized spacial score (nSPS) is 21.3. The predicted molar refractivity (Wildman–Crippen MR) is 117 cm³/mol. The Morgan fingerprint density at radius 1 is 1.03 bits per heavy atom. The summed E-state index contributed by atoms with van der Waals surface area (Å²) in [6.45, 7) is 2.62. The largest absolute Gasteiger partial charge is 0.366 e. The van der Waals surface area contributed by atoms with Gasteiger partial charge in [0, 0.05) is 12.7 Å². The minimum absolute atomic E-state index is 0.125. The second-order valence-electron chi connectivity index (χ2n) is 8.73. The van der Waals surface area contributed by atoms with E-state index in [2.05, 4.69) is 41.5 Å². The van der Waals surface area contributed by atoms with Crippen LogP contribution in [0.1, 0.15) is 72.5 Å². The van der Waals surface area contributed by atoms with Gasteiger partial charge < -0.3 is 16.0 Å². The summed E-state index contributed by atoms with van der Waals surface area (Å²) >= 11 is 0. The highest BCUT2D eigenvalue weighted by atomic mass is 16.2. The van der Waals surface area contributed by atoms with E-state index >= 15 is 0 Å². The third-order valence-electron chi connectivity index (χ3n) is 6.45. The van der Waals surface area contributed by atoms with Crippen molar-refractivity contribution in [2.75, 3.05) is 11.9 Å². The number of benzene rings is 1. The Labute approximate surface area is 182 Å². The second kappa shape index (κ2) is 8.88. The molecular weight excluding hydrogens is 392 g/mol. The van der Waals surface area contributed by atoms with Gasteiger partial charge in [-0.25, -0.2) is 0 Å². The number of carbonyl (C=O) groups excluding carboxylic acids is 3. The van der Waals surface area contributed by atoms with Crippen LogP contribution in [0.5, 0.6) is 0 Å². The van der Waals surface area contributed by atoms with Crippen LogP contribution in [0.2, 0.25) is 0 Å². The molecule has 1 aliphatic carbocycles. The molecule has 1 aliphatic heterocycles. The van der Waals surface area contributed by atoms with Crippen LogP contribution in [0.4, 0.5) is 5.69 Å². The van der Waals surface area contributed by atoms with Crippen molar-refractivity contribution in [2.45, 2.75) is 51.0 Å². The Morgan fingerprint density at radius 2 is 1.74 bits per heavy atom. The first kappa shape index (κ1) is 21.0. The maximum atomic E-state index is 13.1. The van der Waals surface area contributed by atoms with Crippen molar-refractivity contribution in [1.29, 1.82) is 0 Å².